The summed E-state index contributed by atoms with van der Waals surface area (Å²) in [5, 5.41) is 1.93. The minimum Gasteiger partial charge on any atom is -0.497 e. The Bertz CT molecular complexity index is 1050. The Hall–Kier alpha value is -3.38. The molecule has 0 atom stereocenters. The van der Waals surface area contributed by atoms with E-state index in [0.29, 0.717) is 28.4 Å². The van der Waals surface area contributed by atoms with Gasteiger partial charge in [0.2, 0.25) is 5.78 Å². The summed E-state index contributed by atoms with van der Waals surface area (Å²) in [6.07, 6.45) is 1.70. The summed E-state index contributed by atoms with van der Waals surface area (Å²) < 4.78 is 16.2. The first-order chi connectivity index (χ1) is 13.1. The number of esters is 1. The highest BCUT2D eigenvalue weighted by Crippen LogP contribution is 2.35. The van der Waals surface area contributed by atoms with E-state index in [-0.39, 0.29) is 11.5 Å². The zero-order valence-electron chi connectivity index (χ0n) is 14.3. The van der Waals surface area contributed by atoms with Crippen LogP contribution in [0.3, 0.4) is 0 Å². The molecule has 0 saturated carbocycles. The van der Waals surface area contributed by atoms with E-state index in [0.717, 1.165) is 4.88 Å². The Morgan fingerprint density at radius 3 is 2.74 bits per heavy atom. The minimum atomic E-state index is -0.521. The maximum absolute atomic E-state index is 12.4. The number of carbonyl (C=O) groups is 2. The van der Waals surface area contributed by atoms with Gasteiger partial charge in [-0.05, 0) is 41.8 Å². The van der Waals surface area contributed by atoms with Crippen molar-refractivity contribution in [2.75, 3.05) is 7.11 Å². The highest BCUT2D eigenvalue weighted by molar-refractivity contribution is 7.10. The van der Waals surface area contributed by atoms with E-state index >= 15 is 0 Å². The lowest BCUT2D eigenvalue weighted by Crippen LogP contribution is -2.08. The quantitative estimate of drug-likeness (QED) is 0.377. The first-order valence-corrected chi connectivity index (χ1v) is 9.00. The molecule has 3 aromatic rings. The molecule has 0 saturated heterocycles. The van der Waals surface area contributed by atoms with E-state index in [1.807, 2.05) is 17.5 Å². The van der Waals surface area contributed by atoms with Crippen molar-refractivity contribution in [3.8, 4) is 17.2 Å². The Labute approximate surface area is 159 Å². The topological polar surface area (TPSA) is 61.8 Å². The number of carbonyl (C=O) groups excluding carboxylic acids is 2. The fourth-order valence-electron chi connectivity index (χ4n) is 2.65. The average molecular weight is 378 g/mol. The number of fused-ring (bicyclic) bond motifs is 1. The van der Waals surface area contributed by atoms with Gasteiger partial charge in [-0.25, -0.2) is 4.79 Å². The SMILES string of the molecule is COc1cccc(C(=O)Oc2ccc3c(c2)O/C(=C\c2cccs2)C3=O)c1. The fourth-order valence-corrected chi connectivity index (χ4v) is 3.30. The number of benzene rings is 2. The van der Waals surface area contributed by atoms with E-state index < -0.39 is 5.97 Å². The van der Waals surface area contributed by atoms with Gasteiger partial charge in [-0.15, -0.1) is 11.3 Å². The molecular weight excluding hydrogens is 364 g/mol. The van der Waals surface area contributed by atoms with Gasteiger partial charge in [0.25, 0.3) is 0 Å². The summed E-state index contributed by atoms with van der Waals surface area (Å²) in [5.41, 5.74) is 0.809. The van der Waals surface area contributed by atoms with Crippen LogP contribution in [-0.2, 0) is 0 Å². The van der Waals surface area contributed by atoms with Gasteiger partial charge in [0, 0.05) is 17.0 Å². The van der Waals surface area contributed by atoms with Gasteiger partial charge in [0.1, 0.15) is 17.2 Å². The third-order valence-corrected chi connectivity index (χ3v) is 4.79. The molecule has 1 aromatic heterocycles. The molecule has 0 aliphatic carbocycles. The molecule has 27 heavy (non-hydrogen) atoms. The molecular formula is C21H14O5S. The third kappa shape index (κ3) is 3.47. The highest BCUT2D eigenvalue weighted by Gasteiger charge is 2.28. The Morgan fingerprint density at radius 2 is 1.96 bits per heavy atom. The van der Waals surface area contributed by atoms with Gasteiger partial charge >= 0.3 is 5.97 Å². The summed E-state index contributed by atoms with van der Waals surface area (Å²) in [6, 6.07) is 15.2. The van der Waals surface area contributed by atoms with Gasteiger partial charge < -0.3 is 14.2 Å². The van der Waals surface area contributed by atoms with Crippen molar-refractivity contribution in [3.63, 3.8) is 0 Å². The van der Waals surface area contributed by atoms with E-state index in [1.165, 1.54) is 18.4 Å². The maximum Gasteiger partial charge on any atom is 0.343 e. The summed E-state index contributed by atoms with van der Waals surface area (Å²) >= 11 is 1.51. The van der Waals surface area contributed by atoms with E-state index in [4.69, 9.17) is 14.2 Å². The monoisotopic (exact) mass is 378 g/mol. The number of hydrogen-bond acceptors (Lipinski definition) is 6. The van der Waals surface area contributed by atoms with Crippen molar-refractivity contribution in [3.05, 3.63) is 81.7 Å². The molecule has 5 nitrogen and oxygen atoms in total. The predicted molar refractivity (Wildman–Crippen MR) is 102 cm³/mol. The summed E-state index contributed by atoms with van der Waals surface area (Å²) in [6.45, 7) is 0. The van der Waals surface area contributed by atoms with Crippen LogP contribution in [0.15, 0.2) is 65.7 Å². The van der Waals surface area contributed by atoms with Crippen molar-refractivity contribution < 1.29 is 23.8 Å². The molecule has 0 amide bonds. The van der Waals surface area contributed by atoms with Gasteiger partial charge in [-0.3, -0.25) is 4.79 Å². The molecule has 2 aromatic carbocycles. The number of Topliss-reactive ketones (excluding diaryl/α,β-unsaturated/α-hetero) is 1. The molecule has 1 aliphatic rings. The van der Waals surface area contributed by atoms with Gasteiger partial charge in [-0.1, -0.05) is 12.1 Å². The molecule has 0 fully saturated rings. The first-order valence-electron chi connectivity index (χ1n) is 8.12. The van der Waals surface area contributed by atoms with Crippen molar-refractivity contribution in [2.24, 2.45) is 0 Å². The van der Waals surface area contributed by atoms with Crippen LogP contribution in [-0.4, -0.2) is 18.9 Å². The van der Waals surface area contributed by atoms with E-state index in [9.17, 15) is 9.59 Å². The lowest BCUT2D eigenvalue weighted by molar-refractivity contribution is 0.0734. The second kappa shape index (κ2) is 7.09. The molecule has 2 heterocycles. The largest absolute Gasteiger partial charge is 0.497 e. The molecule has 0 spiro atoms. The predicted octanol–water partition coefficient (Wildman–Crippen LogP) is 4.59. The maximum atomic E-state index is 12.4. The smallest absolute Gasteiger partial charge is 0.343 e. The number of rotatable bonds is 4. The number of ketones is 1. The van der Waals surface area contributed by atoms with Gasteiger partial charge in [0.05, 0.1) is 18.2 Å². The molecule has 0 radical (unpaired) electrons. The average Bonchev–Trinajstić information content (AvgIpc) is 3.30. The number of methoxy groups -OCH3 is 1. The highest BCUT2D eigenvalue weighted by atomic mass is 32.1. The van der Waals surface area contributed by atoms with E-state index in [1.54, 1.807) is 48.5 Å². The zero-order chi connectivity index (χ0) is 18.8. The molecule has 0 N–H and O–H groups in total. The van der Waals surface area contributed by atoms with Crippen molar-refractivity contribution in [2.45, 2.75) is 0 Å². The number of ether oxygens (including phenoxy) is 3. The van der Waals surface area contributed by atoms with Gasteiger partial charge in [0.15, 0.2) is 5.76 Å². The molecule has 4 rings (SSSR count). The number of hydrogen-bond donors (Lipinski definition) is 0. The normalized spacial score (nSPS) is 14.0. The van der Waals surface area contributed by atoms with E-state index in [2.05, 4.69) is 0 Å². The van der Waals surface area contributed by atoms with Crippen LogP contribution < -0.4 is 14.2 Å². The first kappa shape index (κ1) is 17.1. The van der Waals surface area contributed by atoms with Crippen molar-refractivity contribution in [1.29, 1.82) is 0 Å². The van der Waals surface area contributed by atoms with Crippen molar-refractivity contribution >= 4 is 29.2 Å². The van der Waals surface area contributed by atoms with Crippen LogP contribution in [0.4, 0.5) is 0 Å². The lowest BCUT2D eigenvalue weighted by atomic mass is 10.1. The molecule has 0 bridgehead atoms. The Balaban J connectivity index is 1.55. The van der Waals surface area contributed by atoms with Crippen LogP contribution in [0.2, 0.25) is 0 Å². The number of thiophene rings is 1. The Morgan fingerprint density at radius 1 is 1.07 bits per heavy atom. The van der Waals surface area contributed by atoms with Crippen LogP contribution in [0.5, 0.6) is 17.2 Å². The molecule has 134 valence electrons. The second-order valence-corrected chi connectivity index (χ2v) is 6.71. The third-order valence-electron chi connectivity index (χ3n) is 3.97. The summed E-state index contributed by atoms with van der Waals surface area (Å²) in [5.74, 6) is 0.779. The lowest BCUT2D eigenvalue weighted by Gasteiger charge is -2.07. The number of allylic oxidation sites excluding steroid dienone is 1. The second-order valence-electron chi connectivity index (χ2n) is 5.73. The fraction of sp³-hybridized carbons (Fsp3) is 0.0476. The molecule has 6 heteroatoms. The minimum absolute atomic E-state index is 0.191. The van der Waals surface area contributed by atoms with Crippen molar-refractivity contribution in [1.82, 2.24) is 0 Å². The summed E-state index contributed by atoms with van der Waals surface area (Å²) in [7, 11) is 1.53. The van der Waals surface area contributed by atoms with Crippen LogP contribution in [0.25, 0.3) is 6.08 Å². The van der Waals surface area contributed by atoms with Crippen LogP contribution in [0.1, 0.15) is 25.6 Å². The Kier molecular flexibility index (Phi) is 4.48. The van der Waals surface area contributed by atoms with Gasteiger partial charge in [-0.2, -0.15) is 0 Å². The zero-order valence-corrected chi connectivity index (χ0v) is 15.1. The van der Waals surface area contributed by atoms with Crippen LogP contribution in [0, 0.1) is 0 Å². The molecule has 0 unspecified atom stereocenters. The standard InChI is InChI=1S/C21H14O5S/c1-24-14-5-2-4-13(10-14)21(23)25-15-7-8-17-18(11-15)26-19(20(17)22)12-16-6-3-9-27-16/h2-12H,1H3/b19-12-. The van der Waals surface area contributed by atoms with Crippen LogP contribution >= 0.6 is 11.3 Å². The summed E-state index contributed by atoms with van der Waals surface area (Å²) in [4.78, 5) is 25.7. The molecule has 1 aliphatic heterocycles.